The lowest BCUT2D eigenvalue weighted by atomic mass is 10.2. The minimum atomic E-state index is -3.52. The smallest absolute Gasteiger partial charge is 0.410 e. The minimum absolute atomic E-state index is 0.156. The average molecular weight is 420 g/mol. The van der Waals surface area contributed by atoms with Crippen molar-refractivity contribution >= 4 is 22.1 Å². The van der Waals surface area contributed by atoms with Crippen LogP contribution in [0, 0.1) is 6.92 Å². The number of sulfonamides is 1. The van der Waals surface area contributed by atoms with Gasteiger partial charge in [0, 0.05) is 6.54 Å². The Morgan fingerprint density at radius 3 is 2.31 bits per heavy atom. The number of nitrogens with two attached hydrogens (primary N) is 1. The maximum atomic E-state index is 11.8. The van der Waals surface area contributed by atoms with Gasteiger partial charge in [-0.25, -0.2) is 23.1 Å². The molecule has 1 amide bonds. The molecule has 0 saturated carbocycles. The van der Waals surface area contributed by atoms with E-state index in [0.717, 1.165) is 11.1 Å². The summed E-state index contributed by atoms with van der Waals surface area (Å²) in [6.07, 6.45) is 0.649. The third-order valence-electron chi connectivity index (χ3n) is 4.33. The van der Waals surface area contributed by atoms with Gasteiger partial charge >= 0.3 is 12.1 Å². The van der Waals surface area contributed by atoms with Crippen LogP contribution in [-0.4, -0.2) is 43.1 Å². The average Bonchev–Trinajstić information content (AvgIpc) is 3.17. The molecule has 1 heterocycles. The van der Waals surface area contributed by atoms with Crippen LogP contribution in [0.2, 0.25) is 0 Å². The maximum Gasteiger partial charge on any atom is 0.410 e. The number of hydrogen-bond acceptors (Lipinski definition) is 5. The predicted octanol–water partition coefficient (Wildman–Crippen LogP) is 2.51. The van der Waals surface area contributed by atoms with Gasteiger partial charge in [-0.15, -0.1) is 0 Å². The molecule has 1 atom stereocenters. The van der Waals surface area contributed by atoms with Gasteiger partial charge in [-0.1, -0.05) is 48.0 Å². The highest BCUT2D eigenvalue weighted by atomic mass is 32.2. The van der Waals surface area contributed by atoms with Crippen molar-refractivity contribution in [3.8, 4) is 0 Å². The third kappa shape index (κ3) is 6.88. The molecule has 9 heteroatoms. The summed E-state index contributed by atoms with van der Waals surface area (Å²) in [6.45, 7) is 2.50. The largest absolute Gasteiger partial charge is 0.480 e. The van der Waals surface area contributed by atoms with Gasteiger partial charge in [0.15, 0.2) is 0 Å². The third-order valence-corrected chi connectivity index (χ3v) is 5.26. The first-order chi connectivity index (χ1) is 13.7. The predicted molar refractivity (Wildman–Crippen MR) is 107 cm³/mol. The summed E-state index contributed by atoms with van der Waals surface area (Å²) in [6, 6.07) is 15.0. The van der Waals surface area contributed by atoms with Gasteiger partial charge in [-0.3, -0.25) is 4.90 Å². The van der Waals surface area contributed by atoms with Crippen molar-refractivity contribution in [3.63, 3.8) is 0 Å². The van der Waals surface area contributed by atoms with Crippen LogP contribution >= 0.6 is 0 Å². The van der Waals surface area contributed by atoms with Crippen LogP contribution in [0.3, 0.4) is 0 Å². The Kier molecular flexibility index (Phi) is 7.74. The summed E-state index contributed by atoms with van der Waals surface area (Å²) in [5.41, 5.74) is 1.90. The number of amides is 1. The monoisotopic (exact) mass is 420 g/mol. The molecule has 3 rings (SSSR count). The van der Waals surface area contributed by atoms with E-state index in [0.29, 0.717) is 19.4 Å². The topological polar surface area (TPSA) is 127 Å². The highest BCUT2D eigenvalue weighted by Gasteiger charge is 2.34. The molecule has 0 aliphatic carbocycles. The quantitative estimate of drug-likeness (QED) is 0.782. The van der Waals surface area contributed by atoms with E-state index >= 15 is 0 Å². The highest BCUT2D eigenvalue weighted by molar-refractivity contribution is 7.89. The Bertz CT molecular complexity index is 929. The number of carbonyl (C=O) groups is 2. The molecule has 1 fully saturated rings. The molecule has 2 aromatic carbocycles. The number of hydrogen-bond donors (Lipinski definition) is 2. The zero-order valence-corrected chi connectivity index (χ0v) is 16.8. The molecule has 3 N–H and O–H groups in total. The number of aliphatic carboxylic acids is 1. The molecule has 2 aromatic rings. The van der Waals surface area contributed by atoms with E-state index in [2.05, 4.69) is 0 Å². The molecule has 0 aromatic heterocycles. The number of carboxylic acid groups (broad SMARTS) is 1. The second-order valence-electron chi connectivity index (χ2n) is 6.59. The summed E-state index contributed by atoms with van der Waals surface area (Å²) in [4.78, 5) is 24.2. The molecule has 0 unspecified atom stereocenters. The first kappa shape index (κ1) is 22.4. The lowest BCUT2D eigenvalue weighted by molar-refractivity contribution is -0.141. The number of ether oxygens (including phenoxy) is 1. The summed E-state index contributed by atoms with van der Waals surface area (Å²) in [7, 11) is -3.52. The second kappa shape index (κ2) is 10.0. The number of primary sulfonamides is 1. The lowest BCUT2D eigenvalue weighted by Gasteiger charge is -2.20. The van der Waals surface area contributed by atoms with Crippen molar-refractivity contribution in [3.05, 3.63) is 65.7 Å². The summed E-state index contributed by atoms with van der Waals surface area (Å²) in [5, 5.41) is 13.8. The van der Waals surface area contributed by atoms with Crippen LogP contribution in [0.5, 0.6) is 0 Å². The van der Waals surface area contributed by atoms with E-state index in [1.807, 2.05) is 37.3 Å². The molecule has 0 radical (unpaired) electrons. The molecule has 0 bridgehead atoms. The molecular weight excluding hydrogens is 396 g/mol. The number of aryl methyl sites for hydroxylation is 1. The summed E-state index contributed by atoms with van der Waals surface area (Å²) in [5.74, 6) is -0.968. The second-order valence-corrected chi connectivity index (χ2v) is 8.15. The van der Waals surface area contributed by atoms with Gasteiger partial charge in [0.2, 0.25) is 10.0 Å². The van der Waals surface area contributed by atoms with Crippen LogP contribution < -0.4 is 5.14 Å². The fraction of sp³-hybridized carbons (Fsp3) is 0.300. The number of likely N-dealkylation sites (tertiary alicyclic amines) is 1. The standard InChI is InChI=1S/C13H15NO4.C7H9NO2S/c15-12(16)11-7-4-8-14(11)13(17)18-9-10-5-2-1-3-6-10;1-6-2-4-7(5-3-6)11(8,9)10/h1-3,5-6,11H,4,7-9H2,(H,15,16);2-5H,1H3,(H2,8,9,10)/t11-;/m0./s1. The van der Waals surface area contributed by atoms with Gasteiger partial charge in [0.05, 0.1) is 4.90 Å². The Morgan fingerprint density at radius 1 is 1.14 bits per heavy atom. The normalized spacial score (nSPS) is 15.9. The zero-order valence-electron chi connectivity index (χ0n) is 16.0. The zero-order chi connectivity index (χ0) is 21.4. The van der Waals surface area contributed by atoms with Gasteiger partial charge in [-0.2, -0.15) is 0 Å². The van der Waals surface area contributed by atoms with E-state index in [-0.39, 0.29) is 11.5 Å². The van der Waals surface area contributed by atoms with Gasteiger partial charge in [-0.05, 0) is 37.5 Å². The van der Waals surface area contributed by atoms with E-state index in [4.69, 9.17) is 15.0 Å². The van der Waals surface area contributed by atoms with Crippen molar-refractivity contribution in [2.75, 3.05) is 6.54 Å². The Labute approximate surface area is 169 Å². The first-order valence-corrected chi connectivity index (χ1v) is 10.5. The van der Waals surface area contributed by atoms with E-state index in [9.17, 15) is 18.0 Å². The van der Waals surface area contributed by atoms with Crippen molar-refractivity contribution in [2.45, 2.75) is 37.3 Å². The van der Waals surface area contributed by atoms with E-state index in [1.165, 1.54) is 17.0 Å². The van der Waals surface area contributed by atoms with Crippen LogP contribution in [0.4, 0.5) is 4.79 Å². The van der Waals surface area contributed by atoms with E-state index < -0.39 is 28.1 Å². The van der Waals surface area contributed by atoms with Gasteiger partial charge in [0.25, 0.3) is 0 Å². The van der Waals surface area contributed by atoms with Crippen molar-refractivity contribution in [1.29, 1.82) is 0 Å². The number of carboxylic acids is 1. The Morgan fingerprint density at radius 2 is 1.76 bits per heavy atom. The summed E-state index contributed by atoms with van der Waals surface area (Å²) < 4.78 is 26.6. The summed E-state index contributed by atoms with van der Waals surface area (Å²) >= 11 is 0. The lowest BCUT2D eigenvalue weighted by Crippen LogP contribution is -2.40. The fourth-order valence-corrected chi connectivity index (χ4v) is 3.29. The highest BCUT2D eigenvalue weighted by Crippen LogP contribution is 2.18. The van der Waals surface area contributed by atoms with Crippen LogP contribution in [0.1, 0.15) is 24.0 Å². The molecule has 1 saturated heterocycles. The SMILES string of the molecule is Cc1ccc(S(N)(=O)=O)cc1.O=C(O)[C@@H]1CCCN1C(=O)OCc1ccccc1. The molecule has 8 nitrogen and oxygen atoms in total. The number of rotatable bonds is 4. The molecule has 0 spiro atoms. The van der Waals surface area contributed by atoms with Crippen LogP contribution in [-0.2, 0) is 26.2 Å². The molecular formula is C20H24N2O6S. The number of nitrogens with zero attached hydrogens (tertiary/aromatic N) is 1. The Balaban J connectivity index is 0.000000234. The molecule has 1 aliphatic heterocycles. The van der Waals surface area contributed by atoms with Gasteiger partial charge in [0.1, 0.15) is 12.6 Å². The minimum Gasteiger partial charge on any atom is -0.480 e. The van der Waals surface area contributed by atoms with Crippen LogP contribution in [0.15, 0.2) is 59.5 Å². The fourth-order valence-electron chi connectivity index (χ4n) is 2.77. The van der Waals surface area contributed by atoms with Crippen molar-refractivity contribution in [1.82, 2.24) is 4.90 Å². The molecule has 29 heavy (non-hydrogen) atoms. The first-order valence-electron chi connectivity index (χ1n) is 8.98. The van der Waals surface area contributed by atoms with Crippen LogP contribution in [0.25, 0.3) is 0 Å². The maximum absolute atomic E-state index is 11.8. The van der Waals surface area contributed by atoms with Gasteiger partial charge < -0.3 is 9.84 Å². The number of carbonyl (C=O) groups excluding carboxylic acids is 1. The number of benzene rings is 2. The van der Waals surface area contributed by atoms with E-state index in [1.54, 1.807) is 12.1 Å². The van der Waals surface area contributed by atoms with Crippen molar-refractivity contribution in [2.24, 2.45) is 5.14 Å². The molecule has 156 valence electrons. The Hall–Kier alpha value is -2.91. The molecule has 1 aliphatic rings. The van der Waals surface area contributed by atoms with Crippen molar-refractivity contribution < 1.29 is 27.9 Å².